The number of aromatic nitrogens is 1. The number of aromatic carboxylic acids is 1. The fraction of sp³-hybridized carbons (Fsp3) is 0.268. The minimum absolute atomic E-state index is 0.0546. The molecule has 8 rings (SSSR count). The van der Waals surface area contributed by atoms with Crippen molar-refractivity contribution >= 4 is 23.4 Å². The van der Waals surface area contributed by atoms with Crippen molar-refractivity contribution in [3.63, 3.8) is 0 Å². The summed E-state index contributed by atoms with van der Waals surface area (Å²) in [6, 6.07) is 31.9. The minimum Gasteiger partial charge on any atom is -0.482 e. The molecule has 53 heavy (non-hydrogen) atoms. The molecule has 3 aliphatic rings. The third-order valence-electron chi connectivity index (χ3n) is 10.6. The maximum atomic E-state index is 12.9. The third kappa shape index (κ3) is 6.69. The van der Waals surface area contributed by atoms with Crippen LogP contribution in [0.3, 0.4) is 0 Å². The predicted octanol–water partition coefficient (Wildman–Crippen LogP) is 7.09. The quantitative estimate of drug-likeness (QED) is 0.132. The first-order valence-corrected chi connectivity index (χ1v) is 17.8. The standard InChI is InChI=1S/C41H39N5O7/c47-39(48)31-11-13-32(14-12-31)45-18-15-34-38(45)33-25-36(46(50)51)35(43-21-23-44(24-22-43)40(49)52-28-30-9-5-2-6-10-30)26-37(33)53-41(34)16-19-42(20-17-41)27-29-7-3-1-4-8-29/h1-15,18,25-26H,16-17,19-24,27-28H2,(H,47,48). The number of carbonyl (C=O) groups is 2. The van der Waals surface area contributed by atoms with Crippen LogP contribution in [0.2, 0.25) is 0 Å². The van der Waals surface area contributed by atoms with E-state index in [0.717, 1.165) is 42.1 Å². The lowest BCUT2D eigenvalue weighted by Gasteiger charge is -2.45. The maximum absolute atomic E-state index is 12.9. The minimum atomic E-state index is -1.01. The molecule has 2 saturated heterocycles. The van der Waals surface area contributed by atoms with Crippen LogP contribution in [0.5, 0.6) is 5.75 Å². The molecule has 2 fully saturated rings. The number of likely N-dealkylation sites (tertiary alicyclic amines) is 1. The third-order valence-corrected chi connectivity index (χ3v) is 10.6. The van der Waals surface area contributed by atoms with Gasteiger partial charge in [-0.1, -0.05) is 60.7 Å². The summed E-state index contributed by atoms with van der Waals surface area (Å²) in [7, 11) is 0. The molecule has 0 radical (unpaired) electrons. The van der Waals surface area contributed by atoms with Gasteiger partial charge in [0, 0.05) is 93.8 Å². The van der Waals surface area contributed by atoms with E-state index >= 15 is 0 Å². The molecule has 4 aromatic carbocycles. The summed E-state index contributed by atoms with van der Waals surface area (Å²) in [6.07, 6.45) is 2.95. The molecule has 4 heterocycles. The number of hydrogen-bond acceptors (Lipinski definition) is 8. The Balaban J connectivity index is 1.10. The van der Waals surface area contributed by atoms with Crippen molar-refractivity contribution < 1.29 is 29.1 Å². The van der Waals surface area contributed by atoms with Gasteiger partial charge in [0.2, 0.25) is 0 Å². The van der Waals surface area contributed by atoms with Crippen molar-refractivity contribution in [3.8, 4) is 22.7 Å². The van der Waals surface area contributed by atoms with E-state index in [1.165, 1.54) is 5.56 Å². The Labute approximate surface area is 306 Å². The Kier molecular flexibility index (Phi) is 9.05. The number of carboxylic acid groups (broad SMARTS) is 1. The Hall–Kier alpha value is -6.14. The number of nitro benzene ring substituents is 1. The summed E-state index contributed by atoms with van der Waals surface area (Å²) >= 11 is 0. The van der Waals surface area contributed by atoms with E-state index in [1.807, 2.05) is 70.3 Å². The van der Waals surface area contributed by atoms with Gasteiger partial charge in [-0.15, -0.1) is 0 Å². The van der Waals surface area contributed by atoms with Gasteiger partial charge in [0.1, 0.15) is 23.6 Å². The van der Waals surface area contributed by atoms with E-state index in [2.05, 4.69) is 17.0 Å². The van der Waals surface area contributed by atoms with Crippen LogP contribution in [0, 0.1) is 10.1 Å². The molecule has 0 aliphatic carbocycles. The molecule has 0 atom stereocenters. The van der Waals surface area contributed by atoms with Crippen LogP contribution in [-0.2, 0) is 23.5 Å². The van der Waals surface area contributed by atoms with Crippen molar-refractivity contribution in [1.82, 2.24) is 14.4 Å². The van der Waals surface area contributed by atoms with Gasteiger partial charge in [-0.3, -0.25) is 15.0 Å². The molecule has 0 bridgehead atoms. The Morgan fingerprint density at radius 1 is 0.830 bits per heavy atom. The molecule has 1 spiro atoms. The molecule has 0 unspecified atom stereocenters. The Bertz CT molecular complexity index is 2140. The zero-order valence-electron chi connectivity index (χ0n) is 29.1. The highest BCUT2D eigenvalue weighted by Gasteiger charge is 2.46. The van der Waals surface area contributed by atoms with Gasteiger partial charge >= 0.3 is 12.1 Å². The van der Waals surface area contributed by atoms with Gasteiger partial charge in [0.05, 0.1) is 16.2 Å². The maximum Gasteiger partial charge on any atom is 0.410 e. The molecule has 3 aliphatic heterocycles. The second kappa shape index (κ2) is 14.1. The van der Waals surface area contributed by atoms with Crippen molar-refractivity contribution in [2.75, 3.05) is 44.2 Å². The second-order valence-electron chi connectivity index (χ2n) is 13.8. The van der Waals surface area contributed by atoms with Gasteiger partial charge in [0.25, 0.3) is 5.69 Å². The van der Waals surface area contributed by atoms with Crippen LogP contribution >= 0.6 is 0 Å². The van der Waals surface area contributed by atoms with E-state index in [4.69, 9.17) is 9.47 Å². The Morgan fingerprint density at radius 3 is 2.13 bits per heavy atom. The number of rotatable bonds is 8. The molecule has 1 aromatic heterocycles. The van der Waals surface area contributed by atoms with Crippen molar-refractivity contribution in [2.45, 2.75) is 31.6 Å². The monoisotopic (exact) mass is 713 g/mol. The van der Waals surface area contributed by atoms with Crippen LogP contribution in [-0.4, -0.2) is 75.7 Å². The summed E-state index contributed by atoms with van der Waals surface area (Å²) in [4.78, 5) is 42.9. The van der Waals surface area contributed by atoms with Crippen molar-refractivity contribution in [3.05, 3.63) is 142 Å². The lowest BCUT2D eigenvalue weighted by atomic mass is 9.80. The molecule has 12 heteroatoms. The summed E-state index contributed by atoms with van der Waals surface area (Å²) in [5, 5.41) is 22.2. The SMILES string of the molecule is O=C(O)c1ccc(-n2ccc3c2-c2cc([N+](=O)[O-])c(N4CCN(C(=O)OCc5ccccc5)CC4)cc2OC32CCN(Cc3ccccc3)CC2)cc1. The van der Waals surface area contributed by atoms with Crippen LogP contribution < -0.4 is 9.64 Å². The first-order chi connectivity index (χ1) is 25.8. The summed E-state index contributed by atoms with van der Waals surface area (Å²) in [5.41, 5.74) is 5.12. The van der Waals surface area contributed by atoms with Gasteiger partial charge < -0.3 is 28.9 Å². The number of nitro groups is 1. The highest BCUT2D eigenvalue weighted by Crippen LogP contribution is 2.53. The van der Waals surface area contributed by atoms with Crippen LogP contribution in [0.15, 0.2) is 109 Å². The predicted molar refractivity (Wildman–Crippen MR) is 198 cm³/mol. The van der Waals surface area contributed by atoms with Gasteiger partial charge in [0.15, 0.2) is 0 Å². The summed E-state index contributed by atoms with van der Waals surface area (Å²) in [6.45, 7) is 4.07. The van der Waals surface area contributed by atoms with Crippen LogP contribution in [0.25, 0.3) is 16.9 Å². The smallest absolute Gasteiger partial charge is 0.410 e. The number of anilines is 1. The first-order valence-electron chi connectivity index (χ1n) is 17.8. The number of piperazine rings is 1. The van der Waals surface area contributed by atoms with E-state index in [0.29, 0.717) is 56.0 Å². The summed E-state index contributed by atoms with van der Waals surface area (Å²) < 4.78 is 14.6. The van der Waals surface area contributed by atoms with Crippen molar-refractivity contribution in [1.29, 1.82) is 0 Å². The zero-order chi connectivity index (χ0) is 36.5. The molecule has 270 valence electrons. The number of piperidine rings is 1. The van der Waals surface area contributed by atoms with Gasteiger partial charge in [-0.05, 0) is 41.5 Å². The van der Waals surface area contributed by atoms with Crippen LogP contribution in [0.1, 0.15) is 39.9 Å². The average Bonchev–Trinajstić information content (AvgIpc) is 3.65. The molecule has 1 N–H and O–H groups in total. The van der Waals surface area contributed by atoms with E-state index in [1.54, 1.807) is 41.3 Å². The van der Waals surface area contributed by atoms with E-state index in [9.17, 15) is 24.8 Å². The number of hydrogen-bond donors (Lipinski definition) is 1. The zero-order valence-corrected chi connectivity index (χ0v) is 29.1. The molecular weight excluding hydrogens is 674 g/mol. The lowest BCUT2D eigenvalue weighted by molar-refractivity contribution is -0.384. The molecule has 0 saturated carbocycles. The van der Waals surface area contributed by atoms with E-state index < -0.39 is 17.7 Å². The van der Waals surface area contributed by atoms with Crippen molar-refractivity contribution in [2.24, 2.45) is 0 Å². The number of nitrogens with zero attached hydrogens (tertiary/aromatic N) is 5. The normalized spacial score (nSPS) is 16.4. The van der Waals surface area contributed by atoms with Gasteiger partial charge in [-0.2, -0.15) is 0 Å². The number of benzene rings is 4. The lowest BCUT2D eigenvalue weighted by Crippen LogP contribution is -2.49. The number of fused-ring (bicyclic) bond motifs is 4. The molecule has 1 amide bonds. The van der Waals surface area contributed by atoms with Crippen LogP contribution in [0.4, 0.5) is 16.2 Å². The Morgan fingerprint density at radius 2 is 1.49 bits per heavy atom. The average molecular weight is 714 g/mol. The highest BCUT2D eigenvalue weighted by molar-refractivity contribution is 5.88. The topological polar surface area (TPSA) is 131 Å². The van der Waals surface area contributed by atoms with E-state index in [-0.39, 0.29) is 22.8 Å². The number of amides is 1. The van der Waals surface area contributed by atoms with Gasteiger partial charge in [-0.25, -0.2) is 9.59 Å². The first kappa shape index (κ1) is 34.0. The fourth-order valence-electron chi connectivity index (χ4n) is 7.77. The number of ether oxygens (including phenoxy) is 2. The summed E-state index contributed by atoms with van der Waals surface area (Å²) in [5.74, 6) is -0.458. The largest absolute Gasteiger partial charge is 0.482 e. The fourth-order valence-corrected chi connectivity index (χ4v) is 7.77. The number of carbonyl (C=O) groups excluding carboxylic acids is 1. The molecule has 12 nitrogen and oxygen atoms in total. The second-order valence-corrected chi connectivity index (χ2v) is 13.8. The number of carboxylic acids is 1. The molecule has 5 aromatic rings. The highest BCUT2D eigenvalue weighted by atomic mass is 16.6. The molecular formula is C41H39N5O7.